The minimum Gasteiger partial charge on any atom is -0.479 e. The largest absolute Gasteiger partial charge is 0.479 e. The van der Waals surface area contributed by atoms with Crippen LogP contribution in [0.4, 0.5) is 13.2 Å². The van der Waals surface area contributed by atoms with Gasteiger partial charge in [0.2, 0.25) is 0 Å². The van der Waals surface area contributed by atoms with Crippen LogP contribution >= 0.6 is 0 Å². The van der Waals surface area contributed by atoms with Gasteiger partial charge in [0.05, 0.1) is 5.56 Å². The number of rotatable bonds is 5. The summed E-state index contributed by atoms with van der Waals surface area (Å²) in [5.74, 6) is -0.00157. The number of nitrogens with zero attached hydrogens (tertiary/aromatic N) is 1. The van der Waals surface area contributed by atoms with Crippen LogP contribution in [0, 0.1) is 11.3 Å². The maximum absolute atomic E-state index is 12.9. The van der Waals surface area contributed by atoms with Crippen LogP contribution in [-0.4, -0.2) is 12.4 Å². The van der Waals surface area contributed by atoms with Crippen molar-refractivity contribution in [3.63, 3.8) is 0 Å². The molecule has 0 aliphatic carbocycles. The van der Waals surface area contributed by atoms with Gasteiger partial charge in [-0.05, 0) is 42.0 Å². The zero-order valence-corrected chi connectivity index (χ0v) is 12.4. The molecule has 0 radical (unpaired) electrons. The van der Waals surface area contributed by atoms with Crippen LogP contribution in [0.2, 0.25) is 0 Å². The van der Waals surface area contributed by atoms with Crippen LogP contribution in [0.5, 0.6) is 5.75 Å². The van der Waals surface area contributed by atoms with E-state index in [0.29, 0.717) is 11.3 Å². The van der Waals surface area contributed by atoms with Crippen molar-refractivity contribution in [2.75, 3.05) is 6.61 Å². The van der Waals surface area contributed by atoms with Gasteiger partial charge in [-0.25, -0.2) is 0 Å². The van der Waals surface area contributed by atoms with Gasteiger partial charge in [0, 0.05) is 5.56 Å². The topological polar surface area (TPSA) is 50.1 Å². The quantitative estimate of drug-likeness (QED) is 0.598. The van der Waals surface area contributed by atoms with Crippen LogP contribution in [-0.2, 0) is 6.18 Å². The Morgan fingerprint density at radius 3 is 2.42 bits per heavy atom. The number of allylic oxidation sites excluding steroid dienone is 1. The number of hydrogen-bond donors (Lipinski definition) is 0. The third kappa shape index (κ3) is 4.46. The fraction of sp³-hybridized carbons (Fsp3) is 0.111. The molecule has 0 saturated heterocycles. The van der Waals surface area contributed by atoms with E-state index in [-0.39, 0.29) is 12.2 Å². The third-order valence-electron chi connectivity index (χ3n) is 3.12. The average Bonchev–Trinajstić information content (AvgIpc) is 2.57. The number of ketones is 1. The lowest BCUT2D eigenvalue weighted by Gasteiger charge is -2.09. The van der Waals surface area contributed by atoms with Gasteiger partial charge in [-0.1, -0.05) is 24.3 Å². The summed E-state index contributed by atoms with van der Waals surface area (Å²) in [5.41, 5.74) is -0.568. The number of benzene rings is 2. The van der Waals surface area contributed by atoms with Crippen LogP contribution in [0.3, 0.4) is 0 Å². The number of nitriles is 1. The molecule has 0 amide bonds. The normalized spacial score (nSPS) is 11.2. The summed E-state index contributed by atoms with van der Waals surface area (Å²) < 4.78 is 43.7. The van der Waals surface area contributed by atoms with Crippen molar-refractivity contribution in [3.8, 4) is 11.8 Å². The van der Waals surface area contributed by atoms with E-state index in [9.17, 15) is 18.0 Å². The Balaban J connectivity index is 2.15. The first-order valence-corrected chi connectivity index (χ1v) is 6.90. The fourth-order valence-corrected chi connectivity index (χ4v) is 1.99. The van der Waals surface area contributed by atoms with Gasteiger partial charge in [0.25, 0.3) is 0 Å². The maximum atomic E-state index is 12.9. The Labute approximate surface area is 136 Å². The van der Waals surface area contributed by atoms with E-state index in [2.05, 4.69) is 0 Å². The molecule has 24 heavy (non-hydrogen) atoms. The molecule has 0 aliphatic rings. The van der Waals surface area contributed by atoms with Crippen molar-refractivity contribution >= 4 is 11.9 Å². The first kappa shape index (κ1) is 17.3. The molecule has 0 N–H and O–H groups in total. The van der Waals surface area contributed by atoms with Gasteiger partial charge in [0.15, 0.2) is 12.4 Å². The van der Waals surface area contributed by atoms with Crippen LogP contribution in [0.15, 0.2) is 54.6 Å². The first-order chi connectivity index (χ1) is 11.4. The van der Waals surface area contributed by atoms with Crippen LogP contribution < -0.4 is 4.74 Å². The summed E-state index contributed by atoms with van der Waals surface area (Å²) in [6.07, 6.45) is -2.25. The summed E-state index contributed by atoms with van der Waals surface area (Å²) in [6, 6.07) is 12.8. The average molecular weight is 331 g/mol. The molecule has 3 nitrogen and oxygen atoms in total. The highest BCUT2D eigenvalue weighted by atomic mass is 19.4. The Morgan fingerprint density at radius 1 is 1.12 bits per heavy atom. The zero-order chi connectivity index (χ0) is 17.6. The van der Waals surface area contributed by atoms with Crippen molar-refractivity contribution < 1.29 is 22.7 Å². The second-order valence-electron chi connectivity index (χ2n) is 4.75. The third-order valence-corrected chi connectivity index (χ3v) is 3.12. The number of carbonyl (C=O) groups is 1. The molecule has 6 heteroatoms. The molecular formula is C18H12F3NO2. The molecule has 0 fully saturated rings. The summed E-state index contributed by atoms with van der Waals surface area (Å²) in [4.78, 5) is 12.0. The lowest BCUT2D eigenvalue weighted by Crippen LogP contribution is -2.07. The van der Waals surface area contributed by atoms with E-state index >= 15 is 0 Å². The predicted molar refractivity (Wildman–Crippen MR) is 82.4 cm³/mol. The summed E-state index contributed by atoms with van der Waals surface area (Å²) in [5, 5.41) is 8.41. The van der Waals surface area contributed by atoms with Gasteiger partial charge in [-0.2, -0.15) is 18.4 Å². The van der Waals surface area contributed by atoms with E-state index in [1.54, 1.807) is 0 Å². The van der Waals surface area contributed by atoms with E-state index in [1.807, 2.05) is 6.07 Å². The molecule has 122 valence electrons. The molecule has 0 atom stereocenters. The van der Waals surface area contributed by atoms with Gasteiger partial charge in [-0.15, -0.1) is 0 Å². The molecule has 0 aromatic heterocycles. The standard InChI is InChI=1S/C18H12F3NO2/c19-18(20,21)16-4-2-1-3-13(16)7-10-17(23)14-5-8-15(9-6-14)24-12-11-22/h1-10H,12H2/b10-7+. The van der Waals surface area contributed by atoms with Gasteiger partial charge in [0.1, 0.15) is 11.8 Å². The molecule has 0 unspecified atom stereocenters. The minimum atomic E-state index is -4.48. The summed E-state index contributed by atoms with van der Waals surface area (Å²) >= 11 is 0. The molecular weight excluding hydrogens is 319 g/mol. The predicted octanol–water partition coefficient (Wildman–Crippen LogP) is 4.50. The Hall–Kier alpha value is -3.07. The lowest BCUT2D eigenvalue weighted by atomic mass is 10.0. The number of halogens is 3. The second-order valence-corrected chi connectivity index (χ2v) is 4.75. The summed E-state index contributed by atoms with van der Waals surface area (Å²) in [7, 11) is 0. The summed E-state index contributed by atoms with van der Waals surface area (Å²) in [6.45, 7) is -0.110. The Morgan fingerprint density at radius 2 is 1.79 bits per heavy atom. The van der Waals surface area contributed by atoms with E-state index in [0.717, 1.165) is 18.2 Å². The Bertz CT molecular complexity index is 787. The molecule has 0 heterocycles. The molecule has 0 spiro atoms. The maximum Gasteiger partial charge on any atom is 0.416 e. The SMILES string of the molecule is N#CCOc1ccc(C(=O)/C=C/c2ccccc2C(F)(F)F)cc1. The molecule has 0 bridgehead atoms. The minimum absolute atomic E-state index is 0.0766. The van der Waals surface area contributed by atoms with Gasteiger partial charge < -0.3 is 4.74 Å². The molecule has 2 aromatic rings. The van der Waals surface area contributed by atoms with Crippen molar-refractivity contribution in [3.05, 3.63) is 71.3 Å². The van der Waals surface area contributed by atoms with Crippen molar-refractivity contribution in [2.24, 2.45) is 0 Å². The van der Waals surface area contributed by atoms with Crippen molar-refractivity contribution in [2.45, 2.75) is 6.18 Å². The van der Waals surface area contributed by atoms with Gasteiger partial charge >= 0.3 is 6.18 Å². The number of carbonyl (C=O) groups excluding carboxylic acids is 1. The molecule has 0 saturated carbocycles. The molecule has 0 aliphatic heterocycles. The van der Waals surface area contributed by atoms with E-state index < -0.39 is 17.5 Å². The number of alkyl halides is 3. The van der Waals surface area contributed by atoms with E-state index in [4.69, 9.17) is 10.00 Å². The second kappa shape index (κ2) is 7.47. The molecule has 2 rings (SSSR count). The Kier molecular flexibility index (Phi) is 5.38. The monoisotopic (exact) mass is 331 g/mol. The number of ether oxygens (including phenoxy) is 1. The fourth-order valence-electron chi connectivity index (χ4n) is 1.99. The van der Waals surface area contributed by atoms with Crippen molar-refractivity contribution in [1.82, 2.24) is 0 Å². The zero-order valence-electron chi connectivity index (χ0n) is 12.4. The van der Waals surface area contributed by atoms with E-state index in [1.165, 1.54) is 42.5 Å². The molecule has 2 aromatic carbocycles. The first-order valence-electron chi connectivity index (χ1n) is 6.90. The highest BCUT2D eigenvalue weighted by molar-refractivity contribution is 6.06. The highest BCUT2D eigenvalue weighted by Gasteiger charge is 2.32. The van der Waals surface area contributed by atoms with Crippen molar-refractivity contribution in [1.29, 1.82) is 5.26 Å². The smallest absolute Gasteiger partial charge is 0.416 e. The number of hydrogen-bond acceptors (Lipinski definition) is 3. The van der Waals surface area contributed by atoms with Crippen LogP contribution in [0.25, 0.3) is 6.08 Å². The highest BCUT2D eigenvalue weighted by Crippen LogP contribution is 2.32. The lowest BCUT2D eigenvalue weighted by molar-refractivity contribution is -0.137. The van der Waals surface area contributed by atoms with Gasteiger partial charge in [-0.3, -0.25) is 4.79 Å². The van der Waals surface area contributed by atoms with Crippen LogP contribution in [0.1, 0.15) is 21.5 Å².